The van der Waals surface area contributed by atoms with Gasteiger partial charge in [-0.15, -0.1) is 0 Å². The molecule has 4 nitrogen and oxygen atoms in total. The van der Waals surface area contributed by atoms with E-state index in [2.05, 4.69) is 20.7 Å². The number of thioether (sulfide) groups is 1. The number of nitrogens with two attached hydrogens (primary N) is 1. The highest BCUT2D eigenvalue weighted by Crippen LogP contribution is 2.24. The van der Waals surface area contributed by atoms with Crippen LogP contribution in [0.2, 0.25) is 0 Å². The van der Waals surface area contributed by atoms with Gasteiger partial charge >= 0.3 is 0 Å². The first-order valence-electron chi connectivity index (χ1n) is 5.64. The van der Waals surface area contributed by atoms with Crippen LogP contribution in [0.1, 0.15) is 12.8 Å². The molecule has 0 amide bonds. The molecule has 1 saturated heterocycles. The molecule has 1 heterocycles. The van der Waals surface area contributed by atoms with Crippen molar-refractivity contribution in [2.75, 3.05) is 17.2 Å². The lowest BCUT2D eigenvalue weighted by molar-refractivity contribution is 0.543. The summed E-state index contributed by atoms with van der Waals surface area (Å²) in [5.74, 6) is 1.94. The smallest absolute Gasteiger partial charge is 0.242 e. The fourth-order valence-corrected chi connectivity index (χ4v) is 4.82. The molecular weight excluding hydrogens is 336 g/mol. The number of nitrogen functional groups attached to an aromatic ring is 1. The van der Waals surface area contributed by atoms with Crippen LogP contribution in [0, 0.1) is 0 Å². The second kappa shape index (κ2) is 5.81. The Bertz CT molecular complexity index is 528. The van der Waals surface area contributed by atoms with Crippen molar-refractivity contribution in [3.63, 3.8) is 0 Å². The van der Waals surface area contributed by atoms with Gasteiger partial charge < -0.3 is 5.73 Å². The van der Waals surface area contributed by atoms with Crippen LogP contribution in [0.5, 0.6) is 0 Å². The Morgan fingerprint density at radius 2 is 2.22 bits per heavy atom. The van der Waals surface area contributed by atoms with Crippen molar-refractivity contribution in [3.8, 4) is 0 Å². The molecule has 1 aliphatic rings. The predicted molar refractivity (Wildman–Crippen MR) is 79.2 cm³/mol. The van der Waals surface area contributed by atoms with Crippen LogP contribution >= 0.6 is 27.7 Å². The SMILES string of the molecule is Nc1cc(Br)ccc1S(=O)(=O)NC1CCCSC1. The number of nitrogens with one attached hydrogen (secondary N) is 1. The monoisotopic (exact) mass is 350 g/mol. The van der Waals surface area contributed by atoms with Crippen LogP contribution in [-0.2, 0) is 10.0 Å². The number of hydrogen-bond acceptors (Lipinski definition) is 4. The first-order valence-corrected chi connectivity index (χ1v) is 9.07. The van der Waals surface area contributed by atoms with Crippen molar-refractivity contribution < 1.29 is 8.42 Å². The molecule has 1 aromatic rings. The number of anilines is 1. The molecule has 0 aliphatic carbocycles. The molecule has 0 spiro atoms. The van der Waals surface area contributed by atoms with Crippen molar-refractivity contribution in [1.82, 2.24) is 4.72 Å². The van der Waals surface area contributed by atoms with Gasteiger partial charge in [0.2, 0.25) is 10.0 Å². The van der Waals surface area contributed by atoms with Gasteiger partial charge in [0.1, 0.15) is 4.90 Å². The van der Waals surface area contributed by atoms with Gasteiger partial charge in [0.25, 0.3) is 0 Å². The maximum atomic E-state index is 12.2. The molecule has 7 heteroatoms. The number of hydrogen-bond donors (Lipinski definition) is 2. The van der Waals surface area contributed by atoms with Crippen LogP contribution in [0.15, 0.2) is 27.6 Å². The van der Waals surface area contributed by atoms with Gasteiger partial charge in [-0.3, -0.25) is 0 Å². The summed E-state index contributed by atoms with van der Waals surface area (Å²) in [6.45, 7) is 0. The van der Waals surface area contributed by atoms with E-state index in [1.165, 1.54) is 6.07 Å². The van der Waals surface area contributed by atoms with E-state index in [0.29, 0.717) is 0 Å². The molecule has 0 radical (unpaired) electrons. The van der Waals surface area contributed by atoms with Crippen LogP contribution in [-0.4, -0.2) is 26.0 Å². The maximum absolute atomic E-state index is 12.2. The lowest BCUT2D eigenvalue weighted by Crippen LogP contribution is -2.38. The summed E-state index contributed by atoms with van der Waals surface area (Å²) in [5, 5.41) is 0. The Morgan fingerprint density at radius 1 is 1.44 bits per heavy atom. The average molecular weight is 351 g/mol. The van der Waals surface area contributed by atoms with Crippen molar-refractivity contribution in [2.24, 2.45) is 0 Å². The number of rotatable bonds is 3. The lowest BCUT2D eigenvalue weighted by Gasteiger charge is -2.22. The molecule has 1 atom stereocenters. The molecule has 0 bridgehead atoms. The Hall–Kier alpha value is -0.240. The average Bonchev–Trinajstić information content (AvgIpc) is 2.29. The molecule has 1 fully saturated rings. The molecule has 1 unspecified atom stereocenters. The fraction of sp³-hybridized carbons (Fsp3) is 0.455. The minimum atomic E-state index is -3.52. The van der Waals surface area contributed by atoms with Crippen molar-refractivity contribution >= 4 is 43.4 Å². The lowest BCUT2D eigenvalue weighted by atomic mass is 10.2. The van der Waals surface area contributed by atoms with Gasteiger partial charge in [-0.1, -0.05) is 15.9 Å². The Balaban J connectivity index is 2.19. The summed E-state index contributed by atoms with van der Waals surface area (Å²) < 4.78 is 27.9. The third-order valence-electron chi connectivity index (χ3n) is 2.74. The summed E-state index contributed by atoms with van der Waals surface area (Å²) in [5.41, 5.74) is 6.02. The van der Waals surface area contributed by atoms with Crippen LogP contribution in [0.3, 0.4) is 0 Å². The van der Waals surface area contributed by atoms with E-state index >= 15 is 0 Å². The van der Waals surface area contributed by atoms with Gasteiger partial charge in [0.05, 0.1) is 5.69 Å². The molecule has 0 saturated carbocycles. The van der Waals surface area contributed by atoms with Gasteiger partial charge in [0, 0.05) is 16.3 Å². The third kappa shape index (κ3) is 3.40. The Labute approximate surface area is 120 Å². The maximum Gasteiger partial charge on any atom is 0.242 e. The first-order chi connectivity index (χ1) is 8.49. The summed E-state index contributed by atoms with van der Waals surface area (Å²) in [7, 11) is -3.52. The van der Waals surface area contributed by atoms with Gasteiger partial charge in [0.15, 0.2) is 0 Å². The summed E-state index contributed by atoms with van der Waals surface area (Å²) in [4.78, 5) is 0.154. The number of halogens is 1. The molecule has 3 N–H and O–H groups in total. The second-order valence-electron chi connectivity index (χ2n) is 4.22. The van der Waals surface area contributed by atoms with E-state index in [0.717, 1.165) is 28.8 Å². The zero-order valence-corrected chi connectivity index (χ0v) is 12.9. The summed E-state index contributed by atoms with van der Waals surface area (Å²) in [6.07, 6.45) is 1.94. The molecular formula is C11H15BrN2O2S2. The highest BCUT2D eigenvalue weighted by atomic mass is 79.9. The Kier molecular flexibility index (Phi) is 4.58. The first kappa shape index (κ1) is 14.2. The number of benzene rings is 1. The number of sulfonamides is 1. The summed E-state index contributed by atoms with van der Waals surface area (Å²) in [6, 6.07) is 4.82. The third-order valence-corrected chi connectivity index (χ3v) is 6.05. The second-order valence-corrected chi connectivity index (χ2v) is 7.97. The minimum absolute atomic E-state index is 0.0109. The van der Waals surface area contributed by atoms with E-state index < -0.39 is 10.0 Å². The zero-order valence-electron chi connectivity index (χ0n) is 9.73. The molecule has 2 rings (SSSR count). The van der Waals surface area contributed by atoms with E-state index in [1.807, 2.05) is 0 Å². The van der Waals surface area contributed by atoms with Crippen LogP contribution in [0.25, 0.3) is 0 Å². The molecule has 0 aromatic heterocycles. The van der Waals surface area contributed by atoms with Crippen molar-refractivity contribution in [2.45, 2.75) is 23.8 Å². The van der Waals surface area contributed by atoms with Gasteiger partial charge in [-0.05, 0) is 36.8 Å². The quantitative estimate of drug-likeness (QED) is 0.819. The summed E-state index contributed by atoms with van der Waals surface area (Å²) >= 11 is 5.04. The van der Waals surface area contributed by atoms with Crippen molar-refractivity contribution in [3.05, 3.63) is 22.7 Å². The highest BCUT2D eigenvalue weighted by molar-refractivity contribution is 9.10. The van der Waals surface area contributed by atoms with E-state index in [9.17, 15) is 8.42 Å². The normalized spacial score (nSPS) is 20.8. The predicted octanol–water partition coefficient (Wildman–Crippen LogP) is 2.21. The molecule has 1 aliphatic heterocycles. The standard InChI is InChI=1S/C11H15BrN2O2S2/c12-8-3-4-11(10(13)6-8)18(15,16)14-9-2-1-5-17-7-9/h3-4,6,9,14H,1-2,5,7,13H2. The fourth-order valence-electron chi connectivity index (χ4n) is 1.88. The van der Waals surface area contributed by atoms with E-state index in [-0.39, 0.29) is 16.6 Å². The van der Waals surface area contributed by atoms with Crippen LogP contribution < -0.4 is 10.5 Å². The van der Waals surface area contributed by atoms with Gasteiger partial charge in [-0.2, -0.15) is 11.8 Å². The highest BCUT2D eigenvalue weighted by Gasteiger charge is 2.23. The Morgan fingerprint density at radius 3 is 2.83 bits per heavy atom. The van der Waals surface area contributed by atoms with Crippen LogP contribution in [0.4, 0.5) is 5.69 Å². The van der Waals surface area contributed by atoms with Crippen molar-refractivity contribution in [1.29, 1.82) is 0 Å². The molecule has 18 heavy (non-hydrogen) atoms. The molecule has 1 aromatic carbocycles. The zero-order chi connectivity index (χ0) is 13.2. The van der Waals surface area contributed by atoms with Gasteiger partial charge in [-0.25, -0.2) is 13.1 Å². The van der Waals surface area contributed by atoms with E-state index in [4.69, 9.17) is 5.73 Å². The largest absolute Gasteiger partial charge is 0.398 e. The topological polar surface area (TPSA) is 72.2 Å². The minimum Gasteiger partial charge on any atom is -0.398 e. The molecule has 100 valence electrons. The van der Waals surface area contributed by atoms with E-state index in [1.54, 1.807) is 23.9 Å².